The van der Waals surface area contributed by atoms with Gasteiger partial charge in [-0.1, -0.05) is 73.7 Å². The van der Waals surface area contributed by atoms with Crippen LogP contribution in [0.1, 0.15) is 57.1 Å². The van der Waals surface area contributed by atoms with E-state index in [1.807, 2.05) is 6.92 Å². The van der Waals surface area contributed by atoms with Gasteiger partial charge in [-0.2, -0.15) is 0 Å². The van der Waals surface area contributed by atoms with E-state index in [0.717, 1.165) is 52.5 Å². The molecule has 1 nitrogen and oxygen atoms in total. The van der Waals surface area contributed by atoms with E-state index in [4.69, 9.17) is 11.6 Å². The van der Waals surface area contributed by atoms with Gasteiger partial charge in [0.25, 0.3) is 0 Å². The van der Waals surface area contributed by atoms with Crippen LogP contribution in [-0.2, 0) is 6.42 Å². The zero-order valence-corrected chi connectivity index (χ0v) is 20.2. The molecule has 0 saturated heterocycles. The molecule has 2 heteroatoms. The monoisotopic (exact) mass is 435 g/mol. The van der Waals surface area contributed by atoms with E-state index in [1.165, 1.54) is 31.2 Å². The lowest BCUT2D eigenvalue weighted by Crippen LogP contribution is -2.30. The summed E-state index contributed by atoms with van der Waals surface area (Å²) >= 11 is 6.29. The lowest BCUT2D eigenvalue weighted by Gasteiger charge is -2.21. The minimum absolute atomic E-state index is 0.152. The van der Waals surface area contributed by atoms with Crippen LogP contribution in [0.2, 0.25) is 5.02 Å². The Morgan fingerprint density at radius 2 is 2.10 bits per heavy atom. The molecule has 0 radical (unpaired) electrons. The van der Waals surface area contributed by atoms with E-state index in [9.17, 15) is 0 Å². The summed E-state index contributed by atoms with van der Waals surface area (Å²) in [5, 5.41) is 4.35. The molecular formula is C29H38ClN. The number of nitrogens with one attached hydrogen (secondary N) is 1. The summed E-state index contributed by atoms with van der Waals surface area (Å²) in [5.41, 5.74) is 5.96. The summed E-state index contributed by atoms with van der Waals surface area (Å²) in [4.78, 5) is 0. The predicted molar refractivity (Wildman–Crippen MR) is 136 cm³/mol. The summed E-state index contributed by atoms with van der Waals surface area (Å²) in [7, 11) is 0. The van der Waals surface area contributed by atoms with Crippen molar-refractivity contribution in [3.05, 3.63) is 94.7 Å². The molecule has 166 valence electrons. The second-order valence-electron chi connectivity index (χ2n) is 9.50. The fourth-order valence-corrected chi connectivity index (χ4v) is 4.76. The van der Waals surface area contributed by atoms with Gasteiger partial charge in [0.1, 0.15) is 0 Å². The van der Waals surface area contributed by atoms with Gasteiger partial charge >= 0.3 is 0 Å². The first kappa shape index (κ1) is 23.7. The van der Waals surface area contributed by atoms with Crippen LogP contribution in [-0.4, -0.2) is 6.04 Å². The highest BCUT2D eigenvalue weighted by Crippen LogP contribution is 2.51. The third-order valence-electron chi connectivity index (χ3n) is 6.76. The molecular weight excluding hydrogens is 398 g/mol. The van der Waals surface area contributed by atoms with Gasteiger partial charge in [0.15, 0.2) is 0 Å². The molecule has 0 spiro atoms. The maximum absolute atomic E-state index is 6.29. The topological polar surface area (TPSA) is 12.0 Å². The fourth-order valence-electron chi connectivity index (χ4n) is 4.55. The normalized spacial score (nSPS) is 22.1. The molecule has 4 atom stereocenters. The van der Waals surface area contributed by atoms with Gasteiger partial charge < -0.3 is 5.32 Å². The van der Waals surface area contributed by atoms with E-state index < -0.39 is 0 Å². The Morgan fingerprint density at radius 1 is 1.29 bits per heavy atom. The van der Waals surface area contributed by atoms with Crippen molar-refractivity contribution in [2.45, 2.75) is 65.3 Å². The van der Waals surface area contributed by atoms with E-state index in [-0.39, 0.29) is 6.04 Å². The summed E-state index contributed by atoms with van der Waals surface area (Å²) in [6, 6.07) is 6.43. The molecule has 1 fully saturated rings. The Kier molecular flexibility index (Phi) is 8.43. The highest BCUT2D eigenvalue weighted by Gasteiger charge is 2.41. The lowest BCUT2D eigenvalue weighted by molar-refractivity contribution is 0.457. The SMILES string of the molecule is C=C(/C=C/CCC(C)C1CC1C1=CCCC=C1)N[C@H](Cc1ccc(C)c(Cl)c1)C(=C)C. The summed E-state index contributed by atoms with van der Waals surface area (Å²) in [5.74, 6) is 2.47. The summed E-state index contributed by atoms with van der Waals surface area (Å²) in [6.45, 7) is 14.9. The molecule has 2 aliphatic carbocycles. The van der Waals surface area contributed by atoms with Crippen molar-refractivity contribution in [1.29, 1.82) is 0 Å². The third kappa shape index (κ3) is 7.01. The quantitative estimate of drug-likeness (QED) is 0.273. The second-order valence-corrected chi connectivity index (χ2v) is 9.91. The Bertz CT molecular complexity index is 888. The number of hydrogen-bond donors (Lipinski definition) is 1. The van der Waals surface area contributed by atoms with E-state index in [2.05, 4.69) is 80.9 Å². The molecule has 1 saturated carbocycles. The van der Waals surface area contributed by atoms with E-state index in [1.54, 1.807) is 5.57 Å². The van der Waals surface area contributed by atoms with Crippen molar-refractivity contribution < 1.29 is 0 Å². The van der Waals surface area contributed by atoms with Gasteiger partial charge in [-0.15, -0.1) is 0 Å². The Balaban J connectivity index is 1.42. The van der Waals surface area contributed by atoms with Gasteiger partial charge in [0, 0.05) is 10.7 Å². The van der Waals surface area contributed by atoms with Gasteiger partial charge in [0.2, 0.25) is 0 Å². The maximum Gasteiger partial charge on any atom is 0.0508 e. The number of aryl methyl sites for hydroxylation is 1. The van der Waals surface area contributed by atoms with Gasteiger partial charge in [-0.25, -0.2) is 0 Å². The molecule has 1 N–H and O–H groups in total. The molecule has 3 unspecified atom stereocenters. The summed E-state index contributed by atoms with van der Waals surface area (Å²) in [6.07, 6.45) is 18.6. The number of rotatable bonds is 11. The molecule has 0 aromatic heterocycles. The van der Waals surface area contributed by atoms with Gasteiger partial charge in [0.05, 0.1) is 6.04 Å². The van der Waals surface area contributed by atoms with Crippen molar-refractivity contribution in [1.82, 2.24) is 5.32 Å². The molecule has 2 aliphatic rings. The Hall–Kier alpha value is -1.99. The summed E-state index contributed by atoms with van der Waals surface area (Å²) < 4.78 is 0. The fraction of sp³-hybridized carbons (Fsp3) is 0.448. The van der Waals surface area contributed by atoms with E-state index in [0.29, 0.717) is 0 Å². The third-order valence-corrected chi connectivity index (χ3v) is 7.17. The molecule has 31 heavy (non-hydrogen) atoms. The van der Waals surface area contributed by atoms with Crippen molar-refractivity contribution in [2.75, 3.05) is 0 Å². The first-order valence-corrected chi connectivity index (χ1v) is 12.1. The van der Waals surface area contributed by atoms with Crippen LogP contribution >= 0.6 is 11.6 Å². The maximum atomic E-state index is 6.29. The standard InChI is InChI=1S/C29H38ClN/c1-20(2)29(18-24-16-15-22(4)28(30)17-24)31-23(5)12-10-9-11-21(3)26-19-27(26)25-13-7-6-8-14-25/h7,10,12-17,21,26-27,29,31H,1,5-6,8-9,11,18-19H2,2-4H3/b12-10+/t21?,26?,27?,29-/m1/s1. The first-order chi connectivity index (χ1) is 14.8. The lowest BCUT2D eigenvalue weighted by atomic mass is 9.94. The average molecular weight is 436 g/mol. The molecule has 0 bridgehead atoms. The zero-order chi connectivity index (χ0) is 22.4. The number of benzene rings is 1. The van der Waals surface area contributed by atoms with Crippen LogP contribution in [0.15, 0.2) is 78.6 Å². The van der Waals surface area contributed by atoms with Crippen molar-refractivity contribution >= 4 is 11.6 Å². The van der Waals surface area contributed by atoms with Crippen LogP contribution in [0, 0.1) is 24.7 Å². The van der Waals surface area contributed by atoms with Crippen molar-refractivity contribution in [3.8, 4) is 0 Å². The molecule has 3 rings (SSSR count). The highest BCUT2D eigenvalue weighted by molar-refractivity contribution is 6.31. The van der Waals surface area contributed by atoms with Crippen molar-refractivity contribution in [2.24, 2.45) is 17.8 Å². The molecule has 1 aromatic carbocycles. The molecule has 1 aromatic rings. The van der Waals surface area contributed by atoms with Crippen LogP contribution < -0.4 is 5.32 Å². The molecule has 0 amide bonds. The average Bonchev–Trinajstić information content (AvgIpc) is 3.55. The Labute approximate surface area is 194 Å². The number of hydrogen-bond acceptors (Lipinski definition) is 1. The van der Waals surface area contributed by atoms with Crippen LogP contribution in [0.3, 0.4) is 0 Å². The van der Waals surface area contributed by atoms with Crippen LogP contribution in [0.25, 0.3) is 0 Å². The minimum Gasteiger partial charge on any atom is -0.379 e. The van der Waals surface area contributed by atoms with Crippen molar-refractivity contribution in [3.63, 3.8) is 0 Å². The second kappa shape index (κ2) is 11.0. The smallest absolute Gasteiger partial charge is 0.0508 e. The van der Waals surface area contributed by atoms with Crippen LogP contribution in [0.4, 0.5) is 0 Å². The number of allylic oxidation sites excluding steroid dienone is 6. The molecule has 0 aliphatic heterocycles. The molecule has 0 heterocycles. The minimum atomic E-state index is 0.152. The Morgan fingerprint density at radius 3 is 2.77 bits per heavy atom. The van der Waals surface area contributed by atoms with Crippen LogP contribution in [0.5, 0.6) is 0 Å². The first-order valence-electron chi connectivity index (χ1n) is 11.7. The number of halogens is 1. The largest absolute Gasteiger partial charge is 0.379 e. The predicted octanol–water partition coefficient (Wildman–Crippen LogP) is 8.12. The highest BCUT2D eigenvalue weighted by atomic mass is 35.5. The van der Waals surface area contributed by atoms with Gasteiger partial charge in [-0.05, 0) is 99.0 Å². The van der Waals surface area contributed by atoms with E-state index >= 15 is 0 Å². The zero-order valence-electron chi connectivity index (χ0n) is 19.5. The van der Waals surface area contributed by atoms with Gasteiger partial charge in [-0.3, -0.25) is 0 Å².